The SMILES string of the molecule is COc1cc(CN2CCN(S(=O)(=O)c3ccc(NC(C)=O)cc3)CC2)nc2ccc(F)cc12. The monoisotopic (exact) mass is 472 g/mol. The number of nitrogens with zero attached hydrogens (tertiary/aromatic N) is 3. The normalized spacial score (nSPS) is 15.5. The van der Waals surface area contributed by atoms with Gasteiger partial charge in [0, 0.05) is 56.8 Å². The van der Waals surface area contributed by atoms with Crippen molar-refractivity contribution in [2.45, 2.75) is 18.4 Å². The highest BCUT2D eigenvalue weighted by Gasteiger charge is 2.28. The summed E-state index contributed by atoms with van der Waals surface area (Å²) >= 11 is 0. The summed E-state index contributed by atoms with van der Waals surface area (Å²) in [7, 11) is -2.09. The summed E-state index contributed by atoms with van der Waals surface area (Å²) in [6.45, 7) is 3.73. The maximum Gasteiger partial charge on any atom is 0.243 e. The number of fused-ring (bicyclic) bond motifs is 1. The second kappa shape index (κ2) is 9.42. The quantitative estimate of drug-likeness (QED) is 0.593. The summed E-state index contributed by atoms with van der Waals surface area (Å²) in [6.07, 6.45) is 0. The Morgan fingerprint density at radius 3 is 2.42 bits per heavy atom. The third kappa shape index (κ3) is 5.13. The molecule has 1 amide bonds. The van der Waals surface area contributed by atoms with E-state index in [4.69, 9.17) is 4.74 Å². The first-order chi connectivity index (χ1) is 15.8. The molecular weight excluding hydrogens is 447 g/mol. The number of benzene rings is 2. The molecule has 1 saturated heterocycles. The van der Waals surface area contributed by atoms with Gasteiger partial charge in [0.25, 0.3) is 0 Å². The third-order valence-electron chi connectivity index (χ3n) is 5.54. The molecule has 0 bridgehead atoms. The van der Waals surface area contributed by atoms with Gasteiger partial charge in [-0.15, -0.1) is 0 Å². The first-order valence-electron chi connectivity index (χ1n) is 10.5. The number of anilines is 1. The molecule has 0 saturated carbocycles. The Labute approximate surface area is 192 Å². The summed E-state index contributed by atoms with van der Waals surface area (Å²) in [5.41, 5.74) is 1.97. The van der Waals surface area contributed by atoms with E-state index in [9.17, 15) is 17.6 Å². The minimum Gasteiger partial charge on any atom is -0.496 e. The Hall–Kier alpha value is -3.08. The Bertz CT molecular complexity index is 1270. The Balaban J connectivity index is 1.42. The zero-order valence-electron chi connectivity index (χ0n) is 18.4. The second-order valence-corrected chi connectivity index (χ2v) is 9.80. The van der Waals surface area contributed by atoms with E-state index in [1.807, 2.05) is 0 Å². The molecule has 0 spiro atoms. The topological polar surface area (TPSA) is 91.8 Å². The maximum atomic E-state index is 13.6. The number of pyridine rings is 1. The van der Waals surface area contributed by atoms with Crippen molar-refractivity contribution < 1.29 is 22.3 Å². The van der Waals surface area contributed by atoms with E-state index in [0.29, 0.717) is 55.1 Å². The first kappa shape index (κ1) is 23.1. The molecule has 1 aromatic heterocycles. The summed E-state index contributed by atoms with van der Waals surface area (Å²) in [4.78, 5) is 18.1. The highest BCUT2D eigenvalue weighted by Crippen LogP contribution is 2.27. The molecular formula is C23H25FN4O4S. The van der Waals surface area contributed by atoms with Gasteiger partial charge >= 0.3 is 0 Å². The predicted octanol–water partition coefficient (Wildman–Crippen LogP) is 2.85. The van der Waals surface area contributed by atoms with Crippen LogP contribution in [0.3, 0.4) is 0 Å². The number of carbonyl (C=O) groups is 1. The van der Waals surface area contributed by atoms with Crippen molar-refractivity contribution in [3.63, 3.8) is 0 Å². The molecule has 1 fully saturated rings. The maximum absolute atomic E-state index is 13.6. The lowest BCUT2D eigenvalue weighted by Gasteiger charge is -2.33. The molecule has 0 atom stereocenters. The molecule has 8 nitrogen and oxygen atoms in total. The van der Waals surface area contributed by atoms with Crippen molar-refractivity contribution >= 4 is 32.5 Å². The molecule has 174 valence electrons. The Morgan fingerprint density at radius 1 is 1.09 bits per heavy atom. The average molecular weight is 473 g/mol. The Kier molecular flexibility index (Phi) is 6.59. The minimum atomic E-state index is -3.62. The number of hydrogen-bond donors (Lipinski definition) is 1. The molecule has 1 aliphatic heterocycles. The van der Waals surface area contributed by atoms with Crippen molar-refractivity contribution in [1.29, 1.82) is 0 Å². The van der Waals surface area contributed by atoms with E-state index < -0.39 is 10.0 Å². The van der Waals surface area contributed by atoms with Crippen LogP contribution in [-0.4, -0.2) is 61.8 Å². The van der Waals surface area contributed by atoms with Gasteiger partial charge in [0.05, 0.1) is 23.2 Å². The Morgan fingerprint density at radius 2 is 1.79 bits per heavy atom. The third-order valence-corrected chi connectivity index (χ3v) is 7.45. The molecule has 1 N–H and O–H groups in total. The number of halogens is 1. The van der Waals surface area contributed by atoms with Gasteiger partial charge in [0.15, 0.2) is 0 Å². The van der Waals surface area contributed by atoms with Crippen LogP contribution >= 0.6 is 0 Å². The van der Waals surface area contributed by atoms with Crippen LogP contribution in [0.15, 0.2) is 53.4 Å². The van der Waals surface area contributed by atoms with Crippen LogP contribution in [0.2, 0.25) is 0 Å². The number of aromatic nitrogens is 1. The molecule has 1 aliphatic rings. The van der Waals surface area contributed by atoms with Gasteiger partial charge < -0.3 is 10.1 Å². The molecule has 0 radical (unpaired) electrons. The van der Waals surface area contributed by atoms with Gasteiger partial charge in [-0.2, -0.15) is 4.31 Å². The smallest absolute Gasteiger partial charge is 0.243 e. The molecule has 2 heterocycles. The van der Waals surface area contributed by atoms with E-state index in [1.54, 1.807) is 24.3 Å². The number of methoxy groups -OCH3 is 1. The molecule has 3 aromatic rings. The number of hydrogen-bond acceptors (Lipinski definition) is 6. The summed E-state index contributed by atoms with van der Waals surface area (Å²) in [5, 5.41) is 3.24. The van der Waals surface area contributed by atoms with Gasteiger partial charge in [-0.3, -0.25) is 14.7 Å². The van der Waals surface area contributed by atoms with Crippen LogP contribution in [-0.2, 0) is 21.4 Å². The minimum absolute atomic E-state index is 0.193. The number of sulfonamides is 1. The van der Waals surface area contributed by atoms with E-state index in [2.05, 4.69) is 15.2 Å². The fourth-order valence-electron chi connectivity index (χ4n) is 3.89. The van der Waals surface area contributed by atoms with Gasteiger partial charge in [0.1, 0.15) is 11.6 Å². The zero-order chi connectivity index (χ0) is 23.6. The van der Waals surface area contributed by atoms with Gasteiger partial charge in [0.2, 0.25) is 15.9 Å². The van der Waals surface area contributed by atoms with E-state index in [0.717, 1.165) is 5.69 Å². The molecule has 2 aromatic carbocycles. The number of piperazine rings is 1. The van der Waals surface area contributed by atoms with E-state index in [-0.39, 0.29) is 16.6 Å². The molecule has 0 unspecified atom stereocenters. The second-order valence-electron chi connectivity index (χ2n) is 7.86. The van der Waals surface area contributed by atoms with E-state index >= 15 is 0 Å². The van der Waals surface area contributed by atoms with Gasteiger partial charge in [-0.1, -0.05) is 0 Å². The summed E-state index contributed by atoms with van der Waals surface area (Å²) < 4.78 is 46.5. The predicted molar refractivity (Wildman–Crippen MR) is 123 cm³/mol. The number of carbonyl (C=O) groups excluding carboxylic acids is 1. The zero-order valence-corrected chi connectivity index (χ0v) is 19.2. The average Bonchev–Trinajstić information content (AvgIpc) is 2.79. The van der Waals surface area contributed by atoms with Crippen molar-refractivity contribution in [2.24, 2.45) is 0 Å². The first-order valence-corrected chi connectivity index (χ1v) is 11.9. The molecule has 4 rings (SSSR count). The van der Waals surface area contributed by atoms with Gasteiger partial charge in [-0.25, -0.2) is 12.8 Å². The lowest BCUT2D eigenvalue weighted by atomic mass is 10.1. The van der Waals surface area contributed by atoms with Crippen LogP contribution < -0.4 is 10.1 Å². The fourth-order valence-corrected chi connectivity index (χ4v) is 5.31. The van der Waals surface area contributed by atoms with Crippen molar-refractivity contribution in [2.75, 3.05) is 38.6 Å². The van der Waals surface area contributed by atoms with Crippen molar-refractivity contribution in [1.82, 2.24) is 14.2 Å². The number of amides is 1. The van der Waals surface area contributed by atoms with Crippen LogP contribution in [0.4, 0.5) is 10.1 Å². The molecule has 33 heavy (non-hydrogen) atoms. The number of rotatable bonds is 6. The van der Waals surface area contributed by atoms with Gasteiger partial charge in [-0.05, 0) is 42.5 Å². The highest BCUT2D eigenvalue weighted by atomic mass is 32.2. The molecule has 10 heteroatoms. The summed E-state index contributed by atoms with van der Waals surface area (Å²) in [5.74, 6) is -0.0109. The largest absolute Gasteiger partial charge is 0.496 e. The van der Waals surface area contributed by atoms with Crippen LogP contribution in [0, 0.1) is 5.82 Å². The number of nitrogens with one attached hydrogen (secondary N) is 1. The number of ether oxygens (including phenoxy) is 1. The fraction of sp³-hybridized carbons (Fsp3) is 0.304. The van der Waals surface area contributed by atoms with E-state index in [1.165, 1.54) is 42.6 Å². The lowest BCUT2D eigenvalue weighted by molar-refractivity contribution is -0.114. The molecule has 0 aliphatic carbocycles. The van der Waals surface area contributed by atoms with Crippen LogP contribution in [0.5, 0.6) is 5.75 Å². The van der Waals surface area contributed by atoms with Crippen molar-refractivity contribution in [3.05, 3.63) is 60.0 Å². The lowest BCUT2D eigenvalue weighted by Crippen LogP contribution is -2.48. The van der Waals surface area contributed by atoms with Crippen LogP contribution in [0.25, 0.3) is 10.9 Å². The van der Waals surface area contributed by atoms with Crippen molar-refractivity contribution in [3.8, 4) is 5.75 Å². The standard InChI is InChI=1S/C23H25FN4O4S/c1-16(29)25-18-4-6-20(7-5-18)33(30,31)28-11-9-27(10-12-28)15-19-14-23(32-2)21-13-17(24)3-8-22(21)26-19/h3-8,13-14H,9-12,15H2,1-2H3,(H,25,29). The summed E-state index contributed by atoms with van der Waals surface area (Å²) in [6, 6.07) is 12.3. The van der Waals surface area contributed by atoms with Crippen LogP contribution in [0.1, 0.15) is 12.6 Å². The highest BCUT2D eigenvalue weighted by molar-refractivity contribution is 7.89.